The van der Waals surface area contributed by atoms with Crippen LogP contribution in [0.4, 0.5) is 5.69 Å². The number of nitrogens with one attached hydrogen (secondary N) is 1. The third-order valence-corrected chi connectivity index (χ3v) is 2.69. The Labute approximate surface area is 116 Å². The summed E-state index contributed by atoms with van der Waals surface area (Å²) in [5, 5.41) is 9.81. The number of hydrogen-bond donors (Lipinski definition) is 1. The van der Waals surface area contributed by atoms with Crippen molar-refractivity contribution in [2.45, 2.75) is 0 Å². The second-order valence-electron chi connectivity index (χ2n) is 4.10. The Morgan fingerprint density at radius 3 is 2.45 bits per heavy atom. The summed E-state index contributed by atoms with van der Waals surface area (Å²) in [5.41, 5.74) is 4.49. The molecule has 102 valence electrons. The molecule has 2 aromatic rings. The summed E-state index contributed by atoms with van der Waals surface area (Å²) in [6, 6.07) is 14.6. The van der Waals surface area contributed by atoms with Gasteiger partial charge in [-0.05, 0) is 35.4 Å². The predicted molar refractivity (Wildman–Crippen MR) is 79.0 cm³/mol. The van der Waals surface area contributed by atoms with Crippen molar-refractivity contribution < 1.29 is 9.77 Å². The van der Waals surface area contributed by atoms with Crippen molar-refractivity contribution in [2.24, 2.45) is 0 Å². The lowest BCUT2D eigenvalue weighted by molar-refractivity contribution is -0.445. The average molecular weight is 270 g/mol. The van der Waals surface area contributed by atoms with E-state index in [1.54, 1.807) is 25.3 Å². The Morgan fingerprint density at radius 2 is 1.80 bits per heavy atom. The molecule has 1 N–H and O–H groups in total. The highest BCUT2D eigenvalue weighted by atomic mass is 16.7. The van der Waals surface area contributed by atoms with Gasteiger partial charge in [-0.25, -0.2) is 10.1 Å². The largest absolute Gasteiger partial charge is 0.497 e. The molecular formula is C15H14N2O3. The summed E-state index contributed by atoms with van der Waals surface area (Å²) in [7, 11) is 1.62. The van der Waals surface area contributed by atoms with E-state index in [9.17, 15) is 10.1 Å². The van der Waals surface area contributed by atoms with Crippen molar-refractivity contribution in [3.63, 3.8) is 0 Å². The minimum Gasteiger partial charge on any atom is -0.497 e. The number of nitrogens with zero attached hydrogens (tertiary/aromatic N) is 1. The molecule has 0 atom stereocenters. The van der Waals surface area contributed by atoms with Gasteiger partial charge in [-0.3, -0.25) is 0 Å². The van der Waals surface area contributed by atoms with Crippen LogP contribution in [0.3, 0.4) is 0 Å². The summed E-state index contributed by atoms with van der Waals surface area (Å²) >= 11 is 0. The van der Waals surface area contributed by atoms with Crippen LogP contribution in [0.25, 0.3) is 12.2 Å². The number of anilines is 1. The molecule has 5 heteroatoms. The van der Waals surface area contributed by atoms with Crippen LogP contribution in [0, 0.1) is 10.1 Å². The van der Waals surface area contributed by atoms with Gasteiger partial charge in [-0.1, -0.05) is 36.4 Å². The Hall–Kier alpha value is -2.82. The van der Waals surface area contributed by atoms with Crippen molar-refractivity contribution in [3.8, 4) is 5.75 Å². The number of nitro groups is 1. The Bertz CT molecular complexity index is 621. The zero-order chi connectivity index (χ0) is 14.4. The Balaban J connectivity index is 2.11. The van der Waals surface area contributed by atoms with Gasteiger partial charge >= 0.3 is 0 Å². The zero-order valence-electron chi connectivity index (χ0n) is 10.9. The molecule has 2 rings (SSSR count). The molecule has 0 saturated carbocycles. The van der Waals surface area contributed by atoms with Crippen LogP contribution in [0.1, 0.15) is 11.1 Å². The first kappa shape index (κ1) is 13.6. The number of hydrogen-bond acceptors (Lipinski definition) is 3. The molecule has 2 aromatic carbocycles. The molecular weight excluding hydrogens is 256 g/mol. The monoisotopic (exact) mass is 270 g/mol. The van der Waals surface area contributed by atoms with Gasteiger partial charge in [-0.15, -0.1) is 5.43 Å². The summed E-state index contributed by atoms with van der Waals surface area (Å²) in [4.78, 5) is 10.4. The summed E-state index contributed by atoms with van der Waals surface area (Å²) < 4.78 is 5.09. The van der Waals surface area contributed by atoms with Crippen molar-refractivity contribution >= 4 is 17.8 Å². The normalized spacial score (nSPS) is 10.4. The quantitative estimate of drug-likeness (QED) is 0.513. The smallest absolute Gasteiger partial charge is 0.162 e. The van der Waals surface area contributed by atoms with E-state index >= 15 is 0 Å². The zero-order valence-corrected chi connectivity index (χ0v) is 10.9. The molecule has 0 saturated heterocycles. The SMILES string of the molecule is COc1ccc(/C=C/c2cccc(N[N+](=O)[O-])c2)cc1. The predicted octanol–water partition coefficient (Wildman–Crippen LogP) is 3.47. The molecule has 0 aliphatic carbocycles. The molecule has 0 unspecified atom stereocenters. The highest BCUT2D eigenvalue weighted by molar-refractivity contribution is 5.71. The van der Waals surface area contributed by atoms with E-state index in [1.807, 2.05) is 42.5 Å². The molecule has 0 spiro atoms. The number of methoxy groups -OCH3 is 1. The van der Waals surface area contributed by atoms with Crippen LogP contribution in [-0.4, -0.2) is 12.1 Å². The fraction of sp³-hybridized carbons (Fsp3) is 0.0667. The van der Waals surface area contributed by atoms with Crippen molar-refractivity contribution in [1.82, 2.24) is 0 Å². The lowest BCUT2D eigenvalue weighted by atomic mass is 10.1. The molecule has 5 nitrogen and oxygen atoms in total. The van der Waals surface area contributed by atoms with Gasteiger partial charge in [-0.2, -0.15) is 0 Å². The van der Waals surface area contributed by atoms with Gasteiger partial charge in [0.2, 0.25) is 0 Å². The molecule has 0 heterocycles. The lowest BCUT2D eigenvalue weighted by Crippen LogP contribution is -2.07. The van der Waals surface area contributed by atoms with Crippen LogP contribution in [0.2, 0.25) is 0 Å². The molecule has 0 aliphatic heterocycles. The summed E-state index contributed by atoms with van der Waals surface area (Å²) in [5.74, 6) is 0.805. The van der Waals surface area contributed by atoms with Crippen LogP contribution >= 0.6 is 0 Å². The molecule has 0 bridgehead atoms. The van der Waals surface area contributed by atoms with E-state index in [0.29, 0.717) is 5.69 Å². The molecule has 0 aliphatic rings. The third-order valence-electron chi connectivity index (χ3n) is 2.69. The van der Waals surface area contributed by atoms with Crippen LogP contribution < -0.4 is 10.2 Å². The highest BCUT2D eigenvalue weighted by Crippen LogP contribution is 2.16. The van der Waals surface area contributed by atoms with E-state index in [2.05, 4.69) is 5.43 Å². The highest BCUT2D eigenvalue weighted by Gasteiger charge is 1.98. The third kappa shape index (κ3) is 3.84. The van der Waals surface area contributed by atoms with Gasteiger partial charge in [0.1, 0.15) is 11.4 Å². The Morgan fingerprint density at radius 1 is 1.10 bits per heavy atom. The van der Waals surface area contributed by atoms with Crippen molar-refractivity contribution in [1.29, 1.82) is 0 Å². The number of ether oxygens (including phenoxy) is 1. The fourth-order valence-corrected chi connectivity index (χ4v) is 1.72. The van der Waals surface area contributed by atoms with Crippen molar-refractivity contribution in [2.75, 3.05) is 12.5 Å². The van der Waals surface area contributed by atoms with E-state index in [-0.39, 0.29) is 0 Å². The number of benzene rings is 2. The summed E-state index contributed by atoms with van der Waals surface area (Å²) in [6.07, 6.45) is 3.83. The van der Waals surface area contributed by atoms with E-state index in [4.69, 9.17) is 4.74 Å². The Kier molecular flexibility index (Phi) is 4.34. The summed E-state index contributed by atoms with van der Waals surface area (Å²) in [6.45, 7) is 0. The maximum atomic E-state index is 10.4. The second kappa shape index (κ2) is 6.38. The van der Waals surface area contributed by atoms with Gasteiger partial charge in [0.05, 0.1) is 7.11 Å². The fourth-order valence-electron chi connectivity index (χ4n) is 1.72. The topological polar surface area (TPSA) is 64.4 Å². The second-order valence-corrected chi connectivity index (χ2v) is 4.10. The van der Waals surface area contributed by atoms with Gasteiger partial charge < -0.3 is 4.74 Å². The van der Waals surface area contributed by atoms with Crippen LogP contribution in [0.15, 0.2) is 48.5 Å². The van der Waals surface area contributed by atoms with Gasteiger partial charge in [0, 0.05) is 0 Å². The number of hydrazine groups is 1. The van der Waals surface area contributed by atoms with E-state index in [1.165, 1.54) is 0 Å². The van der Waals surface area contributed by atoms with E-state index < -0.39 is 5.03 Å². The first-order valence-electron chi connectivity index (χ1n) is 6.00. The van der Waals surface area contributed by atoms with Crippen molar-refractivity contribution in [3.05, 3.63) is 69.8 Å². The standard InChI is InChI=1S/C15H14N2O3/c1-20-15-9-7-12(8-10-15)5-6-13-3-2-4-14(11-13)16-17(18)19/h2-11,16H,1H3/b6-5+. The molecule has 0 fully saturated rings. The van der Waals surface area contributed by atoms with Crippen LogP contribution in [-0.2, 0) is 0 Å². The molecule has 20 heavy (non-hydrogen) atoms. The maximum absolute atomic E-state index is 10.4. The average Bonchev–Trinajstić information content (AvgIpc) is 2.45. The minimum absolute atomic E-state index is 0.451. The first-order valence-corrected chi connectivity index (χ1v) is 6.00. The minimum atomic E-state index is -0.577. The van der Waals surface area contributed by atoms with E-state index in [0.717, 1.165) is 16.9 Å². The lowest BCUT2D eigenvalue weighted by Gasteiger charge is -2.00. The van der Waals surface area contributed by atoms with Gasteiger partial charge in [0.15, 0.2) is 5.03 Å². The van der Waals surface area contributed by atoms with Gasteiger partial charge in [0.25, 0.3) is 0 Å². The number of rotatable bonds is 5. The van der Waals surface area contributed by atoms with Crippen LogP contribution in [0.5, 0.6) is 5.75 Å². The maximum Gasteiger partial charge on any atom is 0.162 e. The first-order chi connectivity index (χ1) is 9.67. The molecule has 0 aromatic heterocycles. The molecule has 0 radical (unpaired) electrons. The molecule has 0 amide bonds.